The molecule has 1 fully saturated rings. The van der Waals surface area contributed by atoms with Crippen LogP contribution in [0.3, 0.4) is 0 Å². The van der Waals surface area contributed by atoms with Gasteiger partial charge in [-0.15, -0.1) is 0 Å². The maximum atomic E-state index is 13.4. The van der Waals surface area contributed by atoms with Crippen LogP contribution in [0.5, 0.6) is 0 Å². The number of nitrogens with one attached hydrogen (secondary N) is 2. The summed E-state index contributed by atoms with van der Waals surface area (Å²) in [4.78, 5) is 43.3. The molecule has 5 N–H and O–H groups in total. The van der Waals surface area contributed by atoms with Crippen LogP contribution in [0.1, 0.15) is 24.0 Å². The molecule has 2 heterocycles. The molecule has 0 bridgehead atoms. The van der Waals surface area contributed by atoms with Crippen LogP contribution in [-0.4, -0.2) is 57.9 Å². The largest absolute Gasteiger partial charge is 0.480 e. The number of nitrogens with zero attached hydrogens (tertiary/aromatic N) is 2. The fourth-order valence-electron chi connectivity index (χ4n) is 4.48. The number of aromatic nitrogens is 1. The fraction of sp³-hybridized carbons (Fsp3) is 0.308. The standard InChI is InChI=1S/C26H28ClN5O4/c27-19-6-3-16(4-7-19)13-21(30-15-23(33)34)26(36)32-11-1-2-22(32)25(35)31-14-17-5-8-20-18(12-17)9-10-29-24(20)28/h3-10,12,21-22,30H,1-2,11,13-15H2,(H2,28,29)(H,31,35)(H,33,34). The Labute approximate surface area is 213 Å². The average Bonchev–Trinajstić information content (AvgIpc) is 3.36. The minimum atomic E-state index is -1.06. The van der Waals surface area contributed by atoms with Gasteiger partial charge in [-0.05, 0) is 60.0 Å². The number of halogens is 1. The molecule has 0 radical (unpaired) electrons. The number of fused-ring (bicyclic) bond motifs is 1. The summed E-state index contributed by atoms with van der Waals surface area (Å²) in [6.45, 7) is 0.378. The number of anilines is 1. The van der Waals surface area contributed by atoms with Gasteiger partial charge >= 0.3 is 5.97 Å². The zero-order valence-electron chi connectivity index (χ0n) is 19.6. The highest BCUT2D eigenvalue weighted by atomic mass is 35.5. The van der Waals surface area contributed by atoms with Crippen molar-refractivity contribution in [3.63, 3.8) is 0 Å². The number of hydrogen-bond donors (Lipinski definition) is 4. The Balaban J connectivity index is 1.43. The van der Waals surface area contributed by atoms with Crippen LogP contribution < -0.4 is 16.4 Å². The molecule has 1 saturated heterocycles. The summed E-state index contributed by atoms with van der Waals surface area (Å²) < 4.78 is 0. The van der Waals surface area contributed by atoms with Crippen LogP contribution in [-0.2, 0) is 27.3 Å². The third kappa shape index (κ3) is 6.10. The monoisotopic (exact) mass is 509 g/mol. The molecule has 1 aliphatic heterocycles. The van der Waals surface area contributed by atoms with Crippen molar-refractivity contribution >= 4 is 46.0 Å². The van der Waals surface area contributed by atoms with Gasteiger partial charge in [-0.2, -0.15) is 0 Å². The Morgan fingerprint density at radius 2 is 1.89 bits per heavy atom. The van der Waals surface area contributed by atoms with Gasteiger partial charge in [0.05, 0.1) is 12.6 Å². The lowest BCUT2D eigenvalue weighted by atomic mass is 10.0. The molecule has 0 saturated carbocycles. The predicted octanol–water partition coefficient (Wildman–Crippen LogP) is 2.36. The number of benzene rings is 2. The molecule has 2 atom stereocenters. The maximum Gasteiger partial charge on any atom is 0.317 e. The highest BCUT2D eigenvalue weighted by molar-refractivity contribution is 6.30. The number of carbonyl (C=O) groups is 3. The van der Waals surface area contributed by atoms with Crippen LogP contribution in [0, 0.1) is 0 Å². The first kappa shape index (κ1) is 25.4. The second-order valence-corrected chi connectivity index (χ2v) is 9.25. The minimum Gasteiger partial charge on any atom is -0.480 e. The van der Waals surface area contributed by atoms with Gasteiger partial charge in [0.25, 0.3) is 0 Å². The van der Waals surface area contributed by atoms with Gasteiger partial charge in [0, 0.05) is 29.7 Å². The van der Waals surface area contributed by atoms with E-state index >= 15 is 0 Å². The van der Waals surface area contributed by atoms with Crippen molar-refractivity contribution in [1.82, 2.24) is 20.5 Å². The number of hydrogen-bond acceptors (Lipinski definition) is 6. The van der Waals surface area contributed by atoms with Crippen molar-refractivity contribution in [2.45, 2.75) is 37.9 Å². The van der Waals surface area contributed by atoms with E-state index in [0.29, 0.717) is 36.8 Å². The Bertz CT molecular complexity index is 1270. The number of amides is 2. The second kappa shape index (κ2) is 11.4. The van der Waals surface area contributed by atoms with Crippen LogP contribution >= 0.6 is 11.6 Å². The SMILES string of the molecule is Nc1nccc2cc(CNC(=O)C3CCCN3C(=O)C(Cc3ccc(Cl)cc3)NCC(=O)O)ccc12. The van der Waals surface area contributed by atoms with E-state index in [2.05, 4.69) is 15.6 Å². The molecule has 3 aromatic rings. The molecule has 0 aliphatic carbocycles. The summed E-state index contributed by atoms with van der Waals surface area (Å²) >= 11 is 5.96. The molecule has 2 unspecified atom stereocenters. The smallest absolute Gasteiger partial charge is 0.317 e. The number of likely N-dealkylation sites (tertiary alicyclic amines) is 1. The lowest BCUT2D eigenvalue weighted by Gasteiger charge is -2.28. The summed E-state index contributed by atoms with van der Waals surface area (Å²) in [5.74, 6) is -1.14. The molecule has 9 nitrogen and oxygen atoms in total. The number of carboxylic acids is 1. The number of carbonyl (C=O) groups excluding carboxylic acids is 2. The van der Waals surface area contributed by atoms with E-state index in [1.165, 1.54) is 0 Å². The molecular weight excluding hydrogens is 482 g/mol. The zero-order valence-corrected chi connectivity index (χ0v) is 20.4. The molecule has 1 aliphatic rings. The molecule has 0 spiro atoms. The number of pyridine rings is 1. The Morgan fingerprint density at radius 3 is 2.64 bits per heavy atom. The van der Waals surface area contributed by atoms with Crippen LogP contribution in [0.25, 0.3) is 10.8 Å². The topological polar surface area (TPSA) is 138 Å². The van der Waals surface area contributed by atoms with Gasteiger partial charge < -0.3 is 21.1 Å². The van der Waals surface area contributed by atoms with Gasteiger partial charge in [-0.1, -0.05) is 35.9 Å². The van der Waals surface area contributed by atoms with E-state index in [1.54, 1.807) is 35.4 Å². The van der Waals surface area contributed by atoms with E-state index in [0.717, 1.165) is 21.9 Å². The Kier molecular flexibility index (Phi) is 8.02. The van der Waals surface area contributed by atoms with Gasteiger partial charge in [-0.25, -0.2) is 4.98 Å². The first-order valence-corrected chi connectivity index (χ1v) is 12.1. The van der Waals surface area contributed by atoms with Crippen molar-refractivity contribution in [1.29, 1.82) is 0 Å². The molecule has 188 valence electrons. The normalized spacial score (nSPS) is 16.1. The third-order valence-electron chi connectivity index (χ3n) is 6.32. The van der Waals surface area contributed by atoms with Gasteiger partial charge in [0.2, 0.25) is 11.8 Å². The number of aliphatic carboxylic acids is 1. The molecule has 2 aromatic carbocycles. The van der Waals surface area contributed by atoms with Gasteiger partial charge in [-0.3, -0.25) is 19.7 Å². The average molecular weight is 510 g/mol. The molecule has 10 heteroatoms. The van der Waals surface area contributed by atoms with Crippen LogP contribution in [0.2, 0.25) is 5.02 Å². The third-order valence-corrected chi connectivity index (χ3v) is 6.57. The number of nitrogen functional groups attached to an aromatic ring is 1. The molecule has 4 rings (SSSR count). The quantitative estimate of drug-likeness (QED) is 0.347. The number of carboxylic acid groups (broad SMARTS) is 1. The second-order valence-electron chi connectivity index (χ2n) is 8.82. The summed E-state index contributed by atoms with van der Waals surface area (Å²) in [5.41, 5.74) is 7.65. The lowest BCUT2D eigenvalue weighted by molar-refractivity contribution is -0.141. The van der Waals surface area contributed by atoms with E-state index in [-0.39, 0.29) is 24.8 Å². The van der Waals surface area contributed by atoms with E-state index in [1.807, 2.05) is 24.3 Å². The van der Waals surface area contributed by atoms with Crippen molar-refractivity contribution in [2.24, 2.45) is 0 Å². The molecule has 1 aromatic heterocycles. The predicted molar refractivity (Wildman–Crippen MR) is 137 cm³/mol. The number of nitrogens with two attached hydrogens (primary N) is 1. The first-order valence-electron chi connectivity index (χ1n) is 11.7. The highest BCUT2D eigenvalue weighted by Gasteiger charge is 2.37. The van der Waals surface area contributed by atoms with Crippen molar-refractivity contribution < 1.29 is 19.5 Å². The van der Waals surface area contributed by atoms with Gasteiger partial charge in [0.1, 0.15) is 11.9 Å². The fourth-order valence-corrected chi connectivity index (χ4v) is 4.61. The summed E-state index contributed by atoms with van der Waals surface area (Å²) in [7, 11) is 0. The number of rotatable bonds is 9. The molecule has 36 heavy (non-hydrogen) atoms. The first-order chi connectivity index (χ1) is 17.3. The van der Waals surface area contributed by atoms with E-state index in [9.17, 15) is 14.4 Å². The Hall–Kier alpha value is -3.69. The van der Waals surface area contributed by atoms with E-state index < -0.39 is 18.1 Å². The van der Waals surface area contributed by atoms with Gasteiger partial charge in [0.15, 0.2) is 0 Å². The molecular formula is C26H28ClN5O4. The Morgan fingerprint density at radius 1 is 1.14 bits per heavy atom. The summed E-state index contributed by atoms with van der Waals surface area (Å²) in [6.07, 6.45) is 3.16. The van der Waals surface area contributed by atoms with E-state index in [4.69, 9.17) is 22.4 Å². The lowest BCUT2D eigenvalue weighted by Crippen LogP contribution is -2.53. The van der Waals surface area contributed by atoms with Crippen molar-refractivity contribution in [3.8, 4) is 0 Å². The zero-order chi connectivity index (χ0) is 25.7. The summed E-state index contributed by atoms with van der Waals surface area (Å²) in [6, 6.07) is 13.2. The minimum absolute atomic E-state index is 0.237. The summed E-state index contributed by atoms with van der Waals surface area (Å²) in [5, 5.41) is 17.3. The van der Waals surface area contributed by atoms with Crippen molar-refractivity contribution in [2.75, 3.05) is 18.8 Å². The highest BCUT2D eigenvalue weighted by Crippen LogP contribution is 2.22. The molecule has 2 amide bonds. The van der Waals surface area contributed by atoms with Crippen molar-refractivity contribution in [3.05, 3.63) is 70.9 Å². The van der Waals surface area contributed by atoms with Crippen LogP contribution in [0.4, 0.5) is 5.82 Å². The maximum absolute atomic E-state index is 13.4. The van der Waals surface area contributed by atoms with Crippen LogP contribution in [0.15, 0.2) is 54.7 Å².